The zero-order valence-electron chi connectivity index (χ0n) is 13.3. The maximum atomic E-state index is 11.7. The van der Waals surface area contributed by atoms with Crippen molar-refractivity contribution in [2.24, 2.45) is 11.3 Å². The SMILES string of the molecule is CC1CCC(CNC(=O)NCCOC(C)C)(C(=O)O)CC1. The van der Waals surface area contributed by atoms with Gasteiger partial charge in [0.15, 0.2) is 0 Å². The summed E-state index contributed by atoms with van der Waals surface area (Å²) in [7, 11) is 0. The zero-order valence-corrected chi connectivity index (χ0v) is 13.3. The Labute approximate surface area is 126 Å². The molecule has 1 rings (SSSR count). The van der Waals surface area contributed by atoms with Gasteiger partial charge >= 0.3 is 12.0 Å². The number of carboxylic acid groups (broad SMARTS) is 1. The molecule has 0 aromatic carbocycles. The van der Waals surface area contributed by atoms with Crippen LogP contribution in [0.4, 0.5) is 4.79 Å². The van der Waals surface area contributed by atoms with Crippen LogP contribution in [0, 0.1) is 11.3 Å². The molecule has 1 aliphatic rings. The van der Waals surface area contributed by atoms with Crippen molar-refractivity contribution in [1.29, 1.82) is 0 Å². The number of rotatable bonds is 7. The molecular weight excluding hydrogens is 272 g/mol. The summed E-state index contributed by atoms with van der Waals surface area (Å²) in [5.74, 6) is -0.239. The second-order valence-corrected chi connectivity index (χ2v) is 6.30. The third kappa shape index (κ3) is 5.91. The van der Waals surface area contributed by atoms with E-state index in [1.54, 1.807) is 0 Å². The van der Waals surface area contributed by atoms with Crippen LogP contribution in [0.1, 0.15) is 46.5 Å². The lowest BCUT2D eigenvalue weighted by Crippen LogP contribution is -2.48. The number of hydrogen-bond acceptors (Lipinski definition) is 3. The highest BCUT2D eigenvalue weighted by atomic mass is 16.5. The maximum Gasteiger partial charge on any atom is 0.314 e. The van der Waals surface area contributed by atoms with Crippen LogP contribution in [0.15, 0.2) is 0 Å². The fourth-order valence-corrected chi connectivity index (χ4v) is 2.55. The predicted molar refractivity (Wildman–Crippen MR) is 80.2 cm³/mol. The molecule has 3 N–H and O–H groups in total. The van der Waals surface area contributed by atoms with Crippen molar-refractivity contribution in [3.63, 3.8) is 0 Å². The molecule has 0 heterocycles. The third-order valence-corrected chi connectivity index (χ3v) is 4.11. The molecule has 0 aromatic rings. The number of ether oxygens (including phenoxy) is 1. The highest BCUT2D eigenvalue weighted by Gasteiger charge is 2.41. The van der Waals surface area contributed by atoms with Gasteiger partial charge < -0.3 is 20.5 Å². The fourth-order valence-electron chi connectivity index (χ4n) is 2.55. The van der Waals surface area contributed by atoms with E-state index in [1.165, 1.54) is 0 Å². The van der Waals surface area contributed by atoms with E-state index in [0.29, 0.717) is 31.9 Å². The Morgan fingerprint density at radius 3 is 2.43 bits per heavy atom. The molecule has 0 saturated heterocycles. The molecule has 0 radical (unpaired) electrons. The van der Waals surface area contributed by atoms with E-state index >= 15 is 0 Å². The van der Waals surface area contributed by atoms with Gasteiger partial charge in [0, 0.05) is 13.1 Å². The Morgan fingerprint density at radius 1 is 1.29 bits per heavy atom. The Morgan fingerprint density at radius 2 is 1.90 bits per heavy atom. The van der Waals surface area contributed by atoms with Gasteiger partial charge in [-0.3, -0.25) is 4.79 Å². The van der Waals surface area contributed by atoms with Crippen molar-refractivity contribution < 1.29 is 19.4 Å². The monoisotopic (exact) mass is 300 g/mol. The molecule has 2 amide bonds. The van der Waals surface area contributed by atoms with Crippen molar-refractivity contribution in [3.8, 4) is 0 Å². The van der Waals surface area contributed by atoms with Gasteiger partial charge in [-0.2, -0.15) is 0 Å². The average molecular weight is 300 g/mol. The minimum Gasteiger partial charge on any atom is -0.481 e. The van der Waals surface area contributed by atoms with Gasteiger partial charge in [0.05, 0.1) is 18.1 Å². The number of aliphatic carboxylic acids is 1. The summed E-state index contributed by atoms with van der Waals surface area (Å²) in [6, 6.07) is -0.332. The number of carbonyl (C=O) groups excluding carboxylic acids is 1. The second kappa shape index (κ2) is 8.22. The summed E-state index contributed by atoms with van der Waals surface area (Å²) in [5.41, 5.74) is -0.807. The van der Waals surface area contributed by atoms with Gasteiger partial charge in [-0.25, -0.2) is 4.79 Å². The molecule has 0 aliphatic heterocycles. The predicted octanol–water partition coefficient (Wildman–Crippen LogP) is 1.99. The van der Waals surface area contributed by atoms with Gasteiger partial charge in [0.2, 0.25) is 0 Å². The van der Waals surface area contributed by atoms with Crippen LogP contribution in [-0.2, 0) is 9.53 Å². The van der Waals surface area contributed by atoms with Gasteiger partial charge in [0.1, 0.15) is 0 Å². The van der Waals surface area contributed by atoms with Crippen LogP contribution in [0.2, 0.25) is 0 Å². The summed E-state index contributed by atoms with van der Waals surface area (Å²) in [5, 5.41) is 14.8. The van der Waals surface area contributed by atoms with E-state index in [9.17, 15) is 14.7 Å². The van der Waals surface area contributed by atoms with Crippen LogP contribution < -0.4 is 10.6 Å². The van der Waals surface area contributed by atoms with Crippen LogP contribution in [0.5, 0.6) is 0 Å². The minimum absolute atomic E-state index is 0.134. The number of nitrogens with one attached hydrogen (secondary N) is 2. The number of urea groups is 1. The average Bonchev–Trinajstić information content (AvgIpc) is 2.43. The van der Waals surface area contributed by atoms with E-state index in [4.69, 9.17) is 4.74 Å². The van der Waals surface area contributed by atoms with Gasteiger partial charge in [-0.1, -0.05) is 6.92 Å². The first-order chi connectivity index (χ1) is 9.85. The molecule has 21 heavy (non-hydrogen) atoms. The standard InChI is InChI=1S/C15H28N2O4/c1-11(2)21-9-8-16-14(20)17-10-15(13(18)19)6-4-12(3)5-7-15/h11-12H,4-10H2,1-3H3,(H,18,19)(H2,16,17,20). The molecule has 0 atom stereocenters. The molecule has 1 aliphatic carbocycles. The smallest absolute Gasteiger partial charge is 0.314 e. The molecule has 0 spiro atoms. The first kappa shape index (κ1) is 17.8. The summed E-state index contributed by atoms with van der Waals surface area (Å²) in [6.07, 6.45) is 3.19. The Hall–Kier alpha value is -1.30. The molecule has 0 unspecified atom stereocenters. The summed E-state index contributed by atoms with van der Waals surface area (Å²) >= 11 is 0. The van der Waals surface area contributed by atoms with Crippen molar-refractivity contribution in [2.45, 2.75) is 52.6 Å². The maximum absolute atomic E-state index is 11.7. The quantitative estimate of drug-likeness (QED) is 0.627. The van der Waals surface area contributed by atoms with Crippen LogP contribution >= 0.6 is 0 Å². The normalized spacial score (nSPS) is 25.6. The lowest BCUT2D eigenvalue weighted by Gasteiger charge is -2.35. The minimum atomic E-state index is -0.808. The van der Waals surface area contributed by atoms with E-state index in [2.05, 4.69) is 17.6 Å². The lowest BCUT2D eigenvalue weighted by molar-refractivity contribution is -0.151. The molecule has 1 fully saturated rings. The van der Waals surface area contributed by atoms with E-state index in [1.807, 2.05) is 13.8 Å². The van der Waals surface area contributed by atoms with Crippen molar-refractivity contribution in [3.05, 3.63) is 0 Å². The van der Waals surface area contributed by atoms with Crippen LogP contribution in [0.25, 0.3) is 0 Å². The molecule has 6 heteroatoms. The first-order valence-corrected chi connectivity index (χ1v) is 7.72. The molecule has 0 aromatic heterocycles. The molecule has 0 bridgehead atoms. The highest BCUT2D eigenvalue weighted by molar-refractivity contribution is 5.78. The first-order valence-electron chi connectivity index (χ1n) is 7.72. The summed E-state index contributed by atoms with van der Waals surface area (Å²) in [4.78, 5) is 23.2. The van der Waals surface area contributed by atoms with Gasteiger partial charge in [-0.05, 0) is 45.4 Å². The third-order valence-electron chi connectivity index (χ3n) is 4.11. The highest BCUT2D eigenvalue weighted by Crippen LogP contribution is 2.38. The number of amides is 2. The molecule has 122 valence electrons. The molecule has 6 nitrogen and oxygen atoms in total. The van der Waals surface area contributed by atoms with E-state index in [0.717, 1.165) is 12.8 Å². The van der Waals surface area contributed by atoms with Crippen LogP contribution in [-0.4, -0.2) is 42.9 Å². The van der Waals surface area contributed by atoms with Crippen molar-refractivity contribution >= 4 is 12.0 Å². The summed E-state index contributed by atoms with van der Waals surface area (Å²) in [6.45, 7) is 7.06. The second-order valence-electron chi connectivity index (χ2n) is 6.30. The Kier molecular flexibility index (Phi) is 6.95. The Bertz CT molecular complexity index is 350. The topological polar surface area (TPSA) is 87.7 Å². The molecular formula is C15H28N2O4. The number of carbonyl (C=O) groups is 2. The van der Waals surface area contributed by atoms with Crippen molar-refractivity contribution in [1.82, 2.24) is 10.6 Å². The van der Waals surface area contributed by atoms with E-state index in [-0.39, 0.29) is 18.7 Å². The number of carboxylic acids is 1. The zero-order chi connectivity index (χ0) is 15.9. The van der Waals surface area contributed by atoms with Gasteiger partial charge in [-0.15, -0.1) is 0 Å². The largest absolute Gasteiger partial charge is 0.481 e. The lowest BCUT2D eigenvalue weighted by atomic mass is 9.71. The summed E-state index contributed by atoms with van der Waals surface area (Å²) < 4.78 is 5.32. The fraction of sp³-hybridized carbons (Fsp3) is 0.867. The van der Waals surface area contributed by atoms with E-state index < -0.39 is 11.4 Å². The van der Waals surface area contributed by atoms with Crippen LogP contribution in [0.3, 0.4) is 0 Å². The molecule has 1 saturated carbocycles. The van der Waals surface area contributed by atoms with Crippen molar-refractivity contribution in [2.75, 3.05) is 19.7 Å². The number of hydrogen-bond donors (Lipinski definition) is 3. The Balaban J connectivity index is 2.33. The van der Waals surface area contributed by atoms with Gasteiger partial charge in [0.25, 0.3) is 0 Å².